The molecule has 0 bridgehead atoms. The lowest BCUT2D eigenvalue weighted by molar-refractivity contribution is 0.0696. The molecule has 6 nitrogen and oxygen atoms in total. The van der Waals surface area contributed by atoms with E-state index in [0.717, 1.165) is 0 Å². The summed E-state index contributed by atoms with van der Waals surface area (Å²) in [6, 6.07) is 7.35. The molecule has 0 aliphatic heterocycles. The summed E-state index contributed by atoms with van der Waals surface area (Å²) in [5, 5.41) is 14.9. The predicted octanol–water partition coefficient (Wildman–Crippen LogP) is 1.93. The van der Waals surface area contributed by atoms with Gasteiger partial charge in [0.1, 0.15) is 5.76 Å². The van der Waals surface area contributed by atoms with Gasteiger partial charge in [0.25, 0.3) is 5.91 Å². The Bertz CT molecular complexity index is 586. The van der Waals surface area contributed by atoms with Gasteiger partial charge >= 0.3 is 5.97 Å². The van der Waals surface area contributed by atoms with Crippen LogP contribution in [-0.2, 0) is 0 Å². The summed E-state index contributed by atoms with van der Waals surface area (Å²) in [6.07, 6.45) is 0. The maximum Gasteiger partial charge on any atom is 0.335 e. The smallest absolute Gasteiger partial charge is 0.335 e. The van der Waals surface area contributed by atoms with Crippen LogP contribution in [0.1, 0.15) is 26.6 Å². The van der Waals surface area contributed by atoms with Crippen molar-refractivity contribution in [3.05, 3.63) is 47.3 Å². The highest BCUT2D eigenvalue weighted by Crippen LogP contribution is 2.11. The number of carbonyl (C=O) groups excluding carboxylic acids is 1. The average molecular weight is 246 g/mol. The zero-order chi connectivity index (χ0) is 13.1. The van der Waals surface area contributed by atoms with Gasteiger partial charge in [-0.15, -0.1) is 0 Å². The van der Waals surface area contributed by atoms with E-state index in [1.165, 1.54) is 30.3 Å². The molecule has 0 radical (unpaired) electrons. The molecule has 6 heteroatoms. The molecule has 0 aliphatic carbocycles. The highest BCUT2D eigenvalue weighted by atomic mass is 16.5. The van der Waals surface area contributed by atoms with Gasteiger partial charge in [-0.3, -0.25) is 4.79 Å². The van der Waals surface area contributed by atoms with Gasteiger partial charge in [0.15, 0.2) is 5.69 Å². The van der Waals surface area contributed by atoms with Gasteiger partial charge in [-0.05, 0) is 31.2 Å². The fourth-order valence-electron chi connectivity index (χ4n) is 1.36. The summed E-state index contributed by atoms with van der Waals surface area (Å²) in [4.78, 5) is 22.3. The van der Waals surface area contributed by atoms with E-state index in [0.29, 0.717) is 11.4 Å². The minimum atomic E-state index is -1.01. The van der Waals surface area contributed by atoms with E-state index >= 15 is 0 Å². The first-order valence-electron chi connectivity index (χ1n) is 5.14. The normalized spacial score (nSPS) is 10.1. The van der Waals surface area contributed by atoms with Crippen molar-refractivity contribution in [1.82, 2.24) is 5.16 Å². The molecular weight excluding hydrogens is 236 g/mol. The number of aromatic carboxylic acids is 1. The second kappa shape index (κ2) is 4.70. The number of carbonyl (C=O) groups is 2. The molecule has 0 fully saturated rings. The molecule has 1 heterocycles. The number of nitrogens with zero attached hydrogens (tertiary/aromatic N) is 1. The SMILES string of the molecule is Cc1cc(C(=O)Nc2ccc(C(=O)O)cc2)no1. The van der Waals surface area contributed by atoms with Gasteiger partial charge in [-0.1, -0.05) is 5.16 Å². The number of amides is 1. The Morgan fingerprint density at radius 2 is 1.94 bits per heavy atom. The molecule has 0 saturated heterocycles. The number of nitrogens with one attached hydrogen (secondary N) is 1. The highest BCUT2D eigenvalue weighted by molar-refractivity contribution is 6.03. The van der Waals surface area contributed by atoms with Gasteiger partial charge in [0.2, 0.25) is 0 Å². The number of carboxylic acids is 1. The Morgan fingerprint density at radius 1 is 1.28 bits per heavy atom. The van der Waals surface area contributed by atoms with Crippen LogP contribution in [0.2, 0.25) is 0 Å². The molecule has 2 aromatic rings. The van der Waals surface area contributed by atoms with Crippen molar-refractivity contribution in [3.63, 3.8) is 0 Å². The van der Waals surface area contributed by atoms with Crippen LogP contribution in [0.4, 0.5) is 5.69 Å². The molecule has 2 rings (SSSR count). The number of hydrogen-bond donors (Lipinski definition) is 2. The Balaban J connectivity index is 2.10. The standard InChI is InChI=1S/C12H10N2O4/c1-7-6-10(14-18-7)11(15)13-9-4-2-8(3-5-9)12(16)17/h2-6H,1H3,(H,13,15)(H,16,17). The van der Waals surface area contributed by atoms with Crippen LogP contribution in [0.3, 0.4) is 0 Å². The van der Waals surface area contributed by atoms with E-state index in [2.05, 4.69) is 10.5 Å². The average Bonchev–Trinajstić information content (AvgIpc) is 2.76. The second-order valence-electron chi connectivity index (χ2n) is 3.66. The summed E-state index contributed by atoms with van der Waals surface area (Å²) in [5.41, 5.74) is 0.825. The Morgan fingerprint density at radius 3 is 2.44 bits per heavy atom. The third kappa shape index (κ3) is 2.54. The number of rotatable bonds is 3. The number of aryl methyl sites for hydroxylation is 1. The molecule has 2 N–H and O–H groups in total. The second-order valence-corrected chi connectivity index (χ2v) is 3.66. The molecule has 0 unspecified atom stereocenters. The molecule has 1 aromatic heterocycles. The number of hydrogen-bond acceptors (Lipinski definition) is 4. The summed E-state index contributed by atoms with van der Waals surface area (Å²) >= 11 is 0. The summed E-state index contributed by atoms with van der Waals surface area (Å²) in [7, 11) is 0. The molecule has 0 atom stereocenters. The van der Waals surface area contributed by atoms with Crippen LogP contribution in [0, 0.1) is 6.92 Å². The van der Waals surface area contributed by atoms with E-state index in [1.54, 1.807) is 6.92 Å². The highest BCUT2D eigenvalue weighted by Gasteiger charge is 2.11. The van der Waals surface area contributed by atoms with Crippen LogP contribution in [0.5, 0.6) is 0 Å². The first-order valence-corrected chi connectivity index (χ1v) is 5.14. The van der Waals surface area contributed by atoms with Crippen LogP contribution >= 0.6 is 0 Å². The van der Waals surface area contributed by atoms with Crippen molar-refractivity contribution < 1.29 is 19.2 Å². The summed E-state index contributed by atoms with van der Waals surface area (Å²) < 4.78 is 4.79. The minimum Gasteiger partial charge on any atom is -0.478 e. The zero-order valence-corrected chi connectivity index (χ0v) is 9.51. The predicted molar refractivity (Wildman–Crippen MR) is 62.6 cm³/mol. The van der Waals surface area contributed by atoms with Crippen molar-refractivity contribution >= 4 is 17.6 Å². The van der Waals surface area contributed by atoms with Crippen LogP contribution in [-0.4, -0.2) is 22.1 Å². The van der Waals surface area contributed by atoms with E-state index < -0.39 is 11.9 Å². The molecule has 0 aliphatic rings. The number of carboxylic acid groups (broad SMARTS) is 1. The van der Waals surface area contributed by atoms with Crippen LogP contribution in [0.15, 0.2) is 34.9 Å². The van der Waals surface area contributed by atoms with Crippen LogP contribution in [0.25, 0.3) is 0 Å². The largest absolute Gasteiger partial charge is 0.478 e. The van der Waals surface area contributed by atoms with Crippen molar-refractivity contribution in [3.8, 4) is 0 Å². The van der Waals surface area contributed by atoms with E-state index in [1.807, 2.05) is 0 Å². The van der Waals surface area contributed by atoms with Gasteiger partial charge in [-0.25, -0.2) is 4.79 Å². The topological polar surface area (TPSA) is 92.4 Å². The third-order valence-corrected chi connectivity index (χ3v) is 2.25. The molecule has 92 valence electrons. The summed E-state index contributed by atoms with van der Waals surface area (Å²) in [6.45, 7) is 1.69. The van der Waals surface area contributed by atoms with Crippen molar-refractivity contribution in [2.24, 2.45) is 0 Å². The number of benzene rings is 1. The van der Waals surface area contributed by atoms with Gasteiger partial charge < -0.3 is 14.9 Å². The van der Waals surface area contributed by atoms with E-state index in [9.17, 15) is 9.59 Å². The summed E-state index contributed by atoms with van der Waals surface area (Å²) in [5.74, 6) is -0.878. The first kappa shape index (κ1) is 11.8. The lowest BCUT2D eigenvalue weighted by atomic mass is 10.2. The maximum absolute atomic E-state index is 11.7. The molecular formula is C12H10N2O4. The van der Waals surface area contributed by atoms with Gasteiger partial charge in [0, 0.05) is 11.8 Å². The quantitative estimate of drug-likeness (QED) is 0.863. The molecule has 0 saturated carbocycles. The van der Waals surface area contributed by atoms with Crippen molar-refractivity contribution in [2.45, 2.75) is 6.92 Å². The minimum absolute atomic E-state index is 0.158. The van der Waals surface area contributed by atoms with Crippen LogP contribution < -0.4 is 5.32 Å². The maximum atomic E-state index is 11.7. The van der Waals surface area contributed by atoms with Gasteiger partial charge in [-0.2, -0.15) is 0 Å². The fourth-order valence-corrected chi connectivity index (χ4v) is 1.36. The zero-order valence-electron chi connectivity index (χ0n) is 9.51. The fraction of sp³-hybridized carbons (Fsp3) is 0.0833. The van der Waals surface area contributed by atoms with Crippen molar-refractivity contribution in [1.29, 1.82) is 0 Å². The first-order chi connectivity index (χ1) is 8.56. The van der Waals surface area contributed by atoms with E-state index in [4.69, 9.17) is 9.63 Å². The lowest BCUT2D eigenvalue weighted by Gasteiger charge is -2.02. The molecule has 1 amide bonds. The van der Waals surface area contributed by atoms with E-state index in [-0.39, 0.29) is 11.3 Å². The third-order valence-electron chi connectivity index (χ3n) is 2.25. The number of anilines is 1. The lowest BCUT2D eigenvalue weighted by Crippen LogP contribution is -2.12. The molecule has 18 heavy (non-hydrogen) atoms. The van der Waals surface area contributed by atoms with Crippen molar-refractivity contribution in [2.75, 3.05) is 5.32 Å². The molecule has 0 spiro atoms. The Hall–Kier alpha value is -2.63. The monoisotopic (exact) mass is 246 g/mol. The Labute approximate surface area is 102 Å². The Kier molecular flexibility index (Phi) is 3.09. The molecule has 1 aromatic carbocycles. The number of aromatic nitrogens is 1. The van der Waals surface area contributed by atoms with Gasteiger partial charge in [0.05, 0.1) is 5.56 Å².